The molecule has 0 aliphatic carbocycles. The number of hydrogen-bond donors (Lipinski definition) is 4. The number of ether oxygens (including phenoxy) is 2. The Kier molecular flexibility index (Phi) is 10.3. The van der Waals surface area contributed by atoms with E-state index >= 15 is 0 Å². The summed E-state index contributed by atoms with van der Waals surface area (Å²) in [4.78, 5) is 37.0. The van der Waals surface area contributed by atoms with Crippen molar-refractivity contribution >= 4 is 57.4 Å². The van der Waals surface area contributed by atoms with Crippen LogP contribution in [0.15, 0.2) is 78.9 Å². The third-order valence-corrected chi connectivity index (χ3v) is 6.05. The van der Waals surface area contributed by atoms with Gasteiger partial charge in [0.2, 0.25) is 5.91 Å². The van der Waals surface area contributed by atoms with Crippen LogP contribution in [0.2, 0.25) is 0 Å². The largest absolute Gasteiger partial charge is 0.508 e. The molecular formula is C28H28IN3O6. The number of para-hydroxylation sites is 2. The van der Waals surface area contributed by atoms with E-state index in [1.165, 1.54) is 25.1 Å². The van der Waals surface area contributed by atoms with Crippen molar-refractivity contribution in [1.82, 2.24) is 0 Å². The van der Waals surface area contributed by atoms with Gasteiger partial charge in [-0.25, -0.2) is 4.79 Å². The summed E-state index contributed by atoms with van der Waals surface area (Å²) < 4.78 is 12.3. The molecule has 0 aliphatic heterocycles. The lowest BCUT2D eigenvalue weighted by Gasteiger charge is -2.26. The molecule has 0 unspecified atom stereocenters. The van der Waals surface area contributed by atoms with E-state index in [1.807, 2.05) is 0 Å². The second kappa shape index (κ2) is 13.6. The highest BCUT2D eigenvalue weighted by Gasteiger charge is 2.29. The summed E-state index contributed by atoms with van der Waals surface area (Å²) in [6.45, 7) is 3.44. The zero-order chi connectivity index (χ0) is 27.7. The average Bonchev–Trinajstić information content (AvgIpc) is 2.88. The first-order valence-corrected chi connectivity index (χ1v) is 12.8. The van der Waals surface area contributed by atoms with Gasteiger partial charge in [0.15, 0.2) is 11.9 Å². The second-order valence-corrected chi connectivity index (χ2v) is 9.39. The number of aromatic hydroxyl groups is 1. The zero-order valence-electron chi connectivity index (χ0n) is 20.8. The van der Waals surface area contributed by atoms with Gasteiger partial charge in [0, 0.05) is 33.1 Å². The highest BCUT2D eigenvalue weighted by molar-refractivity contribution is 14.1. The Morgan fingerprint density at radius 3 is 2.42 bits per heavy atom. The molecule has 2 amide bonds. The van der Waals surface area contributed by atoms with E-state index in [4.69, 9.17) is 15.2 Å². The van der Waals surface area contributed by atoms with Gasteiger partial charge in [0.25, 0.3) is 0 Å². The van der Waals surface area contributed by atoms with E-state index in [1.54, 1.807) is 67.6 Å². The molecule has 0 bridgehead atoms. The molecule has 5 N–H and O–H groups in total. The summed E-state index contributed by atoms with van der Waals surface area (Å²) in [5.41, 5.74) is 7.97. The van der Waals surface area contributed by atoms with Crippen LogP contribution in [0.4, 0.5) is 21.9 Å². The molecule has 3 rings (SSSR count). The van der Waals surface area contributed by atoms with E-state index in [-0.39, 0.29) is 18.1 Å². The van der Waals surface area contributed by atoms with Crippen LogP contribution in [-0.4, -0.2) is 35.6 Å². The number of ketones is 1. The monoisotopic (exact) mass is 629 g/mol. The number of amides is 2. The number of halogens is 1. The van der Waals surface area contributed by atoms with Crippen LogP contribution in [0.5, 0.6) is 5.75 Å². The number of carbonyl (C=O) groups excluding carboxylic acids is 3. The van der Waals surface area contributed by atoms with E-state index < -0.39 is 24.2 Å². The van der Waals surface area contributed by atoms with E-state index in [0.717, 1.165) is 3.57 Å². The van der Waals surface area contributed by atoms with E-state index in [9.17, 15) is 19.5 Å². The van der Waals surface area contributed by atoms with Crippen molar-refractivity contribution < 1.29 is 29.0 Å². The number of nitrogens with one attached hydrogen (secondary N) is 2. The molecule has 0 fully saturated rings. The number of phenols is 1. The summed E-state index contributed by atoms with van der Waals surface area (Å²) in [5.74, 6) is -0.666. The normalized spacial score (nSPS) is 12.5. The van der Waals surface area contributed by atoms with Crippen molar-refractivity contribution in [2.75, 3.05) is 23.0 Å². The van der Waals surface area contributed by atoms with Crippen LogP contribution >= 0.6 is 22.6 Å². The van der Waals surface area contributed by atoms with Gasteiger partial charge in [0.05, 0.1) is 11.4 Å². The number of carbonyl (C=O) groups is 3. The zero-order valence-corrected chi connectivity index (χ0v) is 23.0. The average molecular weight is 629 g/mol. The lowest BCUT2D eigenvalue weighted by molar-refractivity contribution is -0.112. The molecule has 0 spiro atoms. The Labute approximate surface area is 234 Å². The minimum absolute atomic E-state index is 0.0984. The first kappa shape index (κ1) is 28.7. The molecule has 0 heterocycles. The maximum absolute atomic E-state index is 12.9. The van der Waals surface area contributed by atoms with Gasteiger partial charge >= 0.3 is 6.09 Å². The van der Waals surface area contributed by atoms with Crippen LogP contribution in [0.3, 0.4) is 0 Å². The maximum atomic E-state index is 12.9. The smallest absolute Gasteiger partial charge is 0.412 e. The predicted molar refractivity (Wildman–Crippen MR) is 154 cm³/mol. The quantitative estimate of drug-likeness (QED) is 0.0981. The number of Topliss-reactive ketones (excluding diaryl/α,β-unsaturated/α-hetero) is 1. The van der Waals surface area contributed by atoms with Crippen LogP contribution in [0.25, 0.3) is 0 Å². The van der Waals surface area contributed by atoms with Crippen molar-refractivity contribution in [2.45, 2.75) is 26.1 Å². The molecule has 3 aromatic rings. The molecule has 0 radical (unpaired) electrons. The topological polar surface area (TPSA) is 140 Å². The Morgan fingerprint density at radius 2 is 1.76 bits per heavy atom. The molecule has 2 atom stereocenters. The van der Waals surface area contributed by atoms with Crippen LogP contribution in [0, 0.1) is 3.57 Å². The third-order valence-electron chi connectivity index (χ3n) is 5.38. The van der Waals surface area contributed by atoms with Gasteiger partial charge in [-0.1, -0.05) is 12.1 Å². The van der Waals surface area contributed by atoms with E-state index in [2.05, 4.69) is 33.2 Å². The molecule has 3 aromatic carbocycles. The second-order valence-electron chi connectivity index (χ2n) is 8.14. The predicted octanol–water partition coefficient (Wildman–Crippen LogP) is 5.67. The van der Waals surface area contributed by atoms with Crippen molar-refractivity contribution in [3.8, 4) is 5.75 Å². The molecule has 10 heteroatoms. The van der Waals surface area contributed by atoms with Gasteiger partial charge in [-0.3, -0.25) is 14.9 Å². The minimum Gasteiger partial charge on any atom is -0.508 e. The highest BCUT2D eigenvalue weighted by Crippen LogP contribution is 2.33. The van der Waals surface area contributed by atoms with Gasteiger partial charge < -0.3 is 25.6 Å². The fourth-order valence-corrected chi connectivity index (χ4v) is 4.03. The fourth-order valence-electron chi connectivity index (χ4n) is 3.52. The first-order chi connectivity index (χ1) is 18.2. The number of phenolic OH excluding ortho intramolecular Hbond substituents is 1. The maximum Gasteiger partial charge on any atom is 0.412 e. The first-order valence-electron chi connectivity index (χ1n) is 11.7. The molecule has 0 aromatic heterocycles. The summed E-state index contributed by atoms with van der Waals surface area (Å²) in [7, 11) is 0. The van der Waals surface area contributed by atoms with Gasteiger partial charge in [-0.2, -0.15) is 0 Å². The SMILES string of the molecule is CCO[C@@H](/C=C/C(=O)Nc1ccccc1N)[C@@H](OC(=O)Nc1ccc(C(C)=O)cc1)c1cc(I)ccc1O. The molecule has 9 nitrogen and oxygen atoms in total. The summed E-state index contributed by atoms with van der Waals surface area (Å²) in [5, 5.41) is 15.9. The summed E-state index contributed by atoms with van der Waals surface area (Å²) in [6.07, 6.45) is -0.132. The van der Waals surface area contributed by atoms with E-state index in [0.29, 0.717) is 28.2 Å². The Bertz CT molecular complexity index is 1330. The highest BCUT2D eigenvalue weighted by atomic mass is 127. The Balaban J connectivity index is 1.85. The molecule has 0 aliphatic rings. The number of rotatable bonds is 10. The molecule has 38 heavy (non-hydrogen) atoms. The lowest BCUT2D eigenvalue weighted by Crippen LogP contribution is -2.28. The van der Waals surface area contributed by atoms with Crippen LogP contribution in [0.1, 0.15) is 35.9 Å². The van der Waals surface area contributed by atoms with Crippen molar-refractivity contribution in [3.63, 3.8) is 0 Å². The van der Waals surface area contributed by atoms with Gasteiger partial charge in [0.1, 0.15) is 11.9 Å². The number of nitrogens with two attached hydrogens (primary N) is 1. The van der Waals surface area contributed by atoms with Crippen LogP contribution < -0.4 is 16.4 Å². The lowest BCUT2D eigenvalue weighted by atomic mass is 10.0. The van der Waals surface area contributed by atoms with Crippen LogP contribution in [-0.2, 0) is 14.3 Å². The van der Waals surface area contributed by atoms with Gasteiger partial charge in [-0.15, -0.1) is 0 Å². The molecular weight excluding hydrogens is 601 g/mol. The van der Waals surface area contributed by atoms with Gasteiger partial charge in [-0.05, 0) is 97.1 Å². The minimum atomic E-state index is -1.10. The molecule has 0 saturated heterocycles. The third kappa shape index (κ3) is 8.05. The number of benzene rings is 3. The molecule has 198 valence electrons. The number of nitrogen functional groups attached to an aromatic ring is 1. The number of hydrogen-bond acceptors (Lipinski definition) is 7. The Hall–Kier alpha value is -3.90. The summed E-state index contributed by atoms with van der Waals surface area (Å²) in [6, 6.07) is 18.0. The molecule has 0 saturated carbocycles. The standard InChI is InChI=1S/C28H28IN3O6/c1-3-37-25(14-15-26(35)32-23-7-5-4-6-22(23)30)27(21-16-19(29)10-13-24(21)34)38-28(36)31-20-11-8-18(9-12-20)17(2)33/h4-16,25,27,34H,3,30H2,1-2H3,(H,31,36)(H,32,35)/b15-14+/t25-,27-/m0/s1. The number of anilines is 3. The Morgan fingerprint density at radius 1 is 1.05 bits per heavy atom. The van der Waals surface area contributed by atoms with Crippen molar-refractivity contribution in [2.24, 2.45) is 0 Å². The fraction of sp³-hybridized carbons (Fsp3) is 0.179. The van der Waals surface area contributed by atoms with Crippen molar-refractivity contribution in [1.29, 1.82) is 0 Å². The van der Waals surface area contributed by atoms with Crippen molar-refractivity contribution in [3.05, 3.63) is 93.6 Å². The summed E-state index contributed by atoms with van der Waals surface area (Å²) >= 11 is 2.08.